The molecule has 0 saturated carbocycles. The van der Waals surface area contributed by atoms with E-state index >= 15 is 0 Å². The Hall–Kier alpha value is -1.15. The van der Waals surface area contributed by atoms with Crippen molar-refractivity contribution in [1.29, 1.82) is 0 Å². The van der Waals surface area contributed by atoms with Crippen LogP contribution in [-0.4, -0.2) is 43.8 Å². The topological polar surface area (TPSA) is 110 Å². The first-order chi connectivity index (χ1) is 10.0. The highest BCUT2D eigenvalue weighted by molar-refractivity contribution is 7.86. The van der Waals surface area contributed by atoms with Crippen LogP contribution in [0.25, 0.3) is 0 Å². The average molecular weight is 351 g/mol. The molecule has 0 bridgehead atoms. The fourth-order valence-corrected chi connectivity index (χ4v) is 2.87. The maximum atomic E-state index is 12.6. The summed E-state index contributed by atoms with van der Waals surface area (Å²) in [4.78, 5) is 23.8. The van der Waals surface area contributed by atoms with Crippen molar-refractivity contribution in [3.63, 3.8) is 0 Å². The fraction of sp³-hybridized carbons (Fsp3) is 0.867. The summed E-state index contributed by atoms with van der Waals surface area (Å²) in [5, 5.41) is 2.27. The number of nitrogens with one attached hydrogen (secondary N) is 1. The number of amides is 1. The maximum Gasteiger partial charge on any atom is 0.312 e. The molecule has 1 amide bonds. The normalized spacial score (nSPS) is 13.6. The van der Waals surface area contributed by atoms with Gasteiger partial charge in [-0.2, -0.15) is 8.42 Å². The van der Waals surface area contributed by atoms with E-state index in [0.717, 1.165) is 0 Å². The number of rotatable bonds is 6. The van der Waals surface area contributed by atoms with Gasteiger partial charge in [0, 0.05) is 0 Å². The van der Waals surface area contributed by atoms with Gasteiger partial charge in [0.05, 0.1) is 12.0 Å². The summed E-state index contributed by atoms with van der Waals surface area (Å²) in [6, 6.07) is 0. The SMILES string of the molecule is CC(C)(C)C(C)(C(=O)OCCNC(=O)CS(=O)(=O)O)C(C)(C)C. The second-order valence-corrected chi connectivity index (χ2v) is 9.29. The van der Waals surface area contributed by atoms with Crippen molar-refractivity contribution in [2.24, 2.45) is 16.2 Å². The Balaban J connectivity index is 4.68. The minimum Gasteiger partial charge on any atom is -0.463 e. The highest BCUT2D eigenvalue weighted by Gasteiger charge is 2.53. The van der Waals surface area contributed by atoms with Crippen LogP contribution >= 0.6 is 0 Å². The Labute approximate surface area is 138 Å². The predicted molar refractivity (Wildman–Crippen MR) is 87.4 cm³/mol. The van der Waals surface area contributed by atoms with Crippen LogP contribution in [0.5, 0.6) is 0 Å². The highest BCUT2D eigenvalue weighted by atomic mass is 32.2. The van der Waals surface area contributed by atoms with Crippen molar-refractivity contribution in [3.05, 3.63) is 0 Å². The first kappa shape index (κ1) is 21.9. The lowest BCUT2D eigenvalue weighted by atomic mass is 9.55. The van der Waals surface area contributed by atoms with E-state index in [0.29, 0.717) is 0 Å². The zero-order valence-corrected chi connectivity index (χ0v) is 15.8. The molecular weight excluding hydrogens is 322 g/mol. The van der Waals surface area contributed by atoms with Crippen molar-refractivity contribution in [3.8, 4) is 0 Å². The Morgan fingerprint density at radius 2 is 1.43 bits per heavy atom. The van der Waals surface area contributed by atoms with Gasteiger partial charge in [-0.1, -0.05) is 41.5 Å². The van der Waals surface area contributed by atoms with Crippen molar-refractivity contribution >= 4 is 22.0 Å². The van der Waals surface area contributed by atoms with E-state index in [1.807, 2.05) is 48.5 Å². The Morgan fingerprint density at radius 1 is 1.00 bits per heavy atom. The van der Waals surface area contributed by atoms with E-state index in [9.17, 15) is 18.0 Å². The summed E-state index contributed by atoms with van der Waals surface area (Å²) in [6.45, 7) is 13.6. The first-order valence-electron chi connectivity index (χ1n) is 7.41. The molecular formula is C15H29NO6S. The molecule has 0 aliphatic rings. The Morgan fingerprint density at radius 3 is 1.78 bits per heavy atom. The molecule has 0 aromatic carbocycles. The molecule has 0 fully saturated rings. The molecule has 0 heterocycles. The molecule has 23 heavy (non-hydrogen) atoms. The van der Waals surface area contributed by atoms with E-state index in [1.54, 1.807) is 0 Å². The molecule has 0 unspecified atom stereocenters. The van der Waals surface area contributed by atoms with Gasteiger partial charge in [0.15, 0.2) is 5.75 Å². The molecule has 0 aliphatic heterocycles. The van der Waals surface area contributed by atoms with E-state index in [4.69, 9.17) is 9.29 Å². The molecule has 0 radical (unpaired) electrons. The lowest BCUT2D eigenvalue weighted by Gasteiger charge is -2.48. The molecule has 7 nitrogen and oxygen atoms in total. The van der Waals surface area contributed by atoms with Crippen molar-refractivity contribution in [2.75, 3.05) is 18.9 Å². The first-order valence-corrected chi connectivity index (χ1v) is 9.02. The zero-order chi connectivity index (χ0) is 18.7. The van der Waals surface area contributed by atoms with Gasteiger partial charge in [0.1, 0.15) is 6.61 Å². The summed E-state index contributed by atoms with van der Waals surface area (Å²) >= 11 is 0. The third kappa shape index (κ3) is 6.10. The Kier molecular flexibility index (Phi) is 6.81. The molecule has 0 aromatic rings. The van der Waals surface area contributed by atoms with Crippen LogP contribution in [0.4, 0.5) is 0 Å². The standard InChI is InChI=1S/C15H29NO6S/c1-13(2,3)15(7,14(4,5)6)12(18)22-9-8-16-11(17)10-23(19,20)21/h8-10H2,1-7H3,(H,16,17)(H,19,20,21). The van der Waals surface area contributed by atoms with E-state index in [-0.39, 0.29) is 30.0 Å². The molecule has 136 valence electrons. The summed E-state index contributed by atoms with van der Waals surface area (Å²) < 4.78 is 34.9. The molecule has 0 aromatic heterocycles. The number of hydrogen-bond donors (Lipinski definition) is 2. The molecule has 0 spiro atoms. The molecule has 2 N–H and O–H groups in total. The summed E-state index contributed by atoms with van der Waals surface area (Å²) in [5.41, 5.74) is -1.43. The number of esters is 1. The van der Waals surface area contributed by atoms with Gasteiger partial charge >= 0.3 is 5.97 Å². The quantitative estimate of drug-likeness (QED) is 0.427. The van der Waals surface area contributed by atoms with Crippen LogP contribution in [0.1, 0.15) is 48.5 Å². The number of hydrogen-bond acceptors (Lipinski definition) is 5. The molecule has 8 heteroatoms. The lowest BCUT2D eigenvalue weighted by molar-refractivity contribution is -0.172. The minimum absolute atomic E-state index is 0.0234. The molecule has 0 atom stereocenters. The van der Waals surface area contributed by atoms with E-state index in [2.05, 4.69) is 5.32 Å². The summed E-state index contributed by atoms with van der Waals surface area (Å²) in [6.07, 6.45) is 0. The monoisotopic (exact) mass is 351 g/mol. The highest BCUT2D eigenvalue weighted by Crippen LogP contribution is 2.51. The summed E-state index contributed by atoms with van der Waals surface area (Å²) in [5.74, 6) is -2.23. The van der Waals surface area contributed by atoms with Crippen LogP contribution in [0.2, 0.25) is 0 Å². The fourth-order valence-electron chi connectivity index (χ4n) is 2.43. The van der Waals surface area contributed by atoms with Crippen LogP contribution < -0.4 is 5.32 Å². The van der Waals surface area contributed by atoms with Gasteiger partial charge in [-0.25, -0.2) is 0 Å². The van der Waals surface area contributed by atoms with Crippen LogP contribution in [0, 0.1) is 16.2 Å². The molecule has 0 saturated heterocycles. The second kappa shape index (κ2) is 7.17. The van der Waals surface area contributed by atoms with Crippen molar-refractivity contribution in [2.45, 2.75) is 48.5 Å². The second-order valence-electron chi connectivity index (χ2n) is 7.84. The van der Waals surface area contributed by atoms with Gasteiger partial charge in [0.2, 0.25) is 5.91 Å². The Bertz CT molecular complexity index is 525. The van der Waals surface area contributed by atoms with E-state index in [1.165, 1.54) is 0 Å². The maximum absolute atomic E-state index is 12.6. The lowest BCUT2D eigenvalue weighted by Crippen LogP contribution is -2.51. The van der Waals surface area contributed by atoms with E-state index < -0.39 is 27.2 Å². The van der Waals surface area contributed by atoms with Gasteiger partial charge < -0.3 is 10.1 Å². The molecule has 0 rings (SSSR count). The van der Waals surface area contributed by atoms with Crippen LogP contribution in [0.3, 0.4) is 0 Å². The number of ether oxygens (including phenoxy) is 1. The minimum atomic E-state index is -4.36. The smallest absolute Gasteiger partial charge is 0.312 e. The van der Waals surface area contributed by atoms with Gasteiger partial charge in [-0.3, -0.25) is 14.1 Å². The van der Waals surface area contributed by atoms with Crippen LogP contribution in [0.15, 0.2) is 0 Å². The van der Waals surface area contributed by atoms with Crippen molar-refractivity contribution < 1.29 is 27.3 Å². The van der Waals surface area contributed by atoms with Gasteiger partial charge in [-0.15, -0.1) is 0 Å². The van der Waals surface area contributed by atoms with Crippen molar-refractivity contribution in [1.82, 2.24) is 5.32 Å². The average Bonchev–Trinajstić information content (AvgIpc) is 2.28. The third-order valence-electron chi connectivity index (χ3n) is 4.38. The van der Waals surface area contributed by atoms with Crippen LogP contribution in [-0.2, 0) is 24.4 Å². The summed E-state index contributed by atoms with van der Waals surface area (Å²) in [7, 11) is -4.36. The molecule has 0 aliphatic carbocycles. The third-order valence-corrected chi connectivity index (χ3v) is 5.01. The largest absolute Gasteiger partial charge is 0.463 e. The van der Waals surface area contributed by atoms with Gasteiger partial charge in [-0.05, 0) is 17.8 Å². The number of carbonyl (C=O) groups is 2. The number of carbonyl (C=O) groups excluding carboxylic acids is 2. The predicted octanol–water partition coefficient (Wildman–Crippen LogP) is 1.63. The zero-order valence-electron chi connectivity index (χ0n) is 15.0. The van der Waals surface area contributed by atoms with Gasteiger partial charge in [0.25, 0.3) is 10.1 Å².